The lowest BCUT2D eigenvalue weighted by Gasteiger charge is -2.21. The van der Waals surface area contributed by atoms with E-state index in [9.17, 15) is 4.79 Å². The number of hydrogen-bond donors (Lipinski definition) is 0. The van der Waals surface area contributed by atoms with Crippen molar-refractivity contribution in [2.24, 2.45) is 0 Å². The van der Waals surface area contributed by atoms with Crippen LogP contribution in [-0.4, -0.2) is 37.5 Å². The molecule has 76 valence electrons. The van der Waals surface area contributed by atoms with E-state index in [1.165, 1.54) is 7.11 Å². The number of ether oxygens (including phenoxy) is 3. The third kappa shape index (κ3) is 2.83. The van der Waals surface area contributed by atoms with Crippen LogP contribution in [-0.2, 0) is 19.0 Å². The number of halogens is 1. The molecule has 4 nitrogen and oxygen atoms in total. The molecule has 1 rings (SSSR count). The van der Waals surface area contributed by atoms with Crippen LogP contribution < -0.4 is 0 Å². The third-order valence-corrected chi connectivity index (χ3v) is 2.20. The van der Waals surface area contributed by atoms with Crippen molar-refractivity contribution in [1.82, 2.24) is 0 Å². The first-order chi connectivity index (χ1) is 6.09. The molecule has 0 saturated carbocycles. The Morgan fingerprint density at radius 1 is 1.77 bits per heavy atom. The van der Waals surface area contributed by atoms with Crippen LogP contribution in [0.25, 0.3) is 0 Å². The maximum atomic E-state index is 11.0. The summed E-state index contributed by atoms with van der Waals surface area (Å²) in [5, 5.41) is 0. The quantitative estimate of drug-likeness (QED) is 0.511. The zero-order valence-corrected chi connectivity index (χ0v) is 8.47. The summed E-state index contributed by atoms with van der Waals surface area (Å²) in [4.78, 5) is 11.0. The van der Waals surface area contributed by atoms with E-state index in [1.807, 2.05) is 0 Å². The molecule has 1 aliphatic rings. The summed E-state index contributed by atoms with van der Waals surface area (Å²) in [7, 11) is 1.33. The number of alkyl halides is 1. The Bertz CT molecular complexity index is 197. The van der Waals surface area contributed by atoms with Crippen molar-refractivity contribution < 1.29 is 19.0 Å². The van der Waals surface area contributed by atoms with Crippen LogP contribution in [0.2, 0.25) is 0 Å². The molecule has 0 amide bonds. The van der Waals surface area contributed by atoms with Gasteiger partial charge in [0, 0.05) is 0 Å². The molecular formula is C8H13ClO4. The number of carbonyl (C=O) groups is 1. The number of methoxy groups -OCH3 is 1. The van der Waals surface area contributed by atoms with E-state index in [4.69, 9.17) is 21.1 Å². The van der Waals surface area contributed by atoms with Gasteiger partial charge >= 0.3 is 5.97 Å². The van der Waals surface area contributed by atoms with Crippen molar-refractivity contribution in [3.8, 4) is 0 Å². The topological polar surface area (TPSA) is 44.8 Å². The zero-order valence-electron chi connectivity index (χ0n) is 7.71. The van der Waals surface area contributed by atoms with E-state index in [0.717, 1.165) is 0 Å². The highest BCUT2D eigenvalue weighted by Crippen LogP contribution is 2.27. The molecule has 0 radical (unpaired) electrons. The van der Waals surface area contributed by atoms with Gasteiger partial charge in [0.1, 0.15) is 0 Å². The molecule has 1 saturated heterocycles. The molecule has 2 atom stereocenters. The highest BCUT2D eigenvalue weighted by Gasteiger charge is 2.39. The highest BCUT2D eigenvalue weighted by atomic mass is 35.5. The Kier molecular flexibility index (Phi) is 3.53. The summed E-state index contributed by atoms with van der Waals surface area (Å²) >= 11 is 5.58. The molecule has 0 unspecified atom stereocenters. The first kappa shape index (κ1) is 10.8. The van der Waals surface area contributed by atoms with Gasteiger partial charge in [0.15, 0.2) is 5.79 Å². The van der Waals surface area contributed by atoms with Crippen LogP contribution >= 0.6 is 11.6 Å². The molecule has 0 bridgehead atoms. The van der Waals surface area contributed by atoms with Crippen molar-refractivity contribution >= 4 is 17.6 Å². The molecule has 0 aromatic carbocycles. The van der Waals surface area contributed by atoms with Gasteiger partial charge in [0.25, 0.3) is 0 Å². The van der Waals surface area contributed by atoms with Gasteiger partial charge in [0.2, 0.25) is 0 Å². The lowest BCUT2D eigenvalue weighted by molar-refractivity contribution is -0.177. The smallest absolute Gasteiger partial charge is 0.310 e. The SMILES string of the molecule is COC(=O)C[C@]1(C)OC[C@H](CCl)O1. The van der Waals surface area contributed by atoms with Crippen LogP contribution in [0.4, 0.5) is 0 Å². The molecule has 0 aliphatic carbocycles. The maximum Gasteiger partial charge on any atom is 0.310 e. The lowest BCUT2D eigenvalue weighted by atomic mass is 10.2. The summed E-state index contributed by atoms with van der Waals surface area (Å²) in [5.74, 6) is -0.846. The predicted octanol–water partition coefficient (Wildman–Crippen LogP) is 0.920. The summed E-state index contributed by atoms with van der Waals surface area (Å²) in [6.07, 6.45) is -0.0343. The number of rotatable bonds is 3. The molecule has 5 heteroatoms. The van der Waals surface area contributed by atoms with Gasteiger partial charge in [-0.05, 0) is 6.92 Å². The van der Waals surface area contributed by atoms with Crippen LogP contribution in [0.5, 0.6) is 0 Å². The molecule has 1 heterocycles. The Hall–Kier alpha value is -0.320. The normalized spacial score (nSPS) is 33.3. The van der Waals surface area contributed by atoms with E-state index < -0.39 is 5.79 Å². The fourth-order valence-electron chi connectivity index (χ4n) is 1.19. The van der Waals surface area contributed by atoms with Crippen molar-refractivity contribution in [3.05, 3.63) is 0 Å². The van der Waals surface area contributed by atoms with E-state index in [0.29, 0.717) is 12.5 Å². The molecule has 0 aromatic heterocycles. The minimum atomic E-state index is -0.868. The number of hydrogen-bond acceptors (Lipinski definition) is 4. The van der Waals surface area contributed by atoms with Crippen LogP contribution in [0, 0.1) is 0 Å². The summed E-state index contributed by atoms with van der Waals surface area (Å²) in [5.41, 5.74) is 0. The fourth-order valence-corrected chi connectivity index (χ4v) is 1.35. The van der Waals surface area contributed by atoms with E-state index in [1.54, 1.807) is 6.92 Å². The number of carbonyl (C=O) groups excluding carboxylic acids is 1. The van der Waals surface area contributed by atoms with Crippen LogP contribution in [0.1, 0.15) is 13.3 Å². The largest absolute Gasteiger partial charge is 0.469 e. The average Bonchev–Trinajstić information content (AvgIpc) is 2.47. The summed E-state index contributed by atoms with van der Waals surface area (Å²) < 4.78 is 15.2. The lowest BCUT2D eigenvalue weighted by Crippen LogP contribution is -2.30. The van der Waals surface area contributed by atoms with Gasteiger partial charge in [0.05, 0.1) is 32.1 Å². The van der Waals surface area contributed by atoms with Crippen molar-refractivity contribution in [1.29, 1.82) is 0 Å². The monoisotopic (exact) mass is 208 g/mol. The third-order valence-electron chi connectivity index (χ3n) is 1.86. The zero-order chi connectivity index (χ0) is 9.90. The van der Waals surface area contributed by atoms with Crippen molar-refractivity contribution in [2.75, 3.05) is 19.6 Å². The second-order valence-electron chi connectivity index (χ2n) is 3.09. The van der Waals surface area contributed by atoms with E-state index in [-0.39, 0.29) is 18.5 Å². The molecule has 0 aromatic rings. The van der Waals surface area contributed by atoms with Crippen LogP contribution in [0.15, 0.2) is 0 Å². The summed E-state index contributed by atoms with van der Waals surface area (Å²) in [6.45, 7) is 2.13. The molecule has 13 heavy (non-hydrogen) atoms. The van der Waals surface area contributed by atoms with Gasteiger partial charge in [-0.2, -0.15) is 0 Å². The second kappa shape index (κ2) is 4.26. The summed E-state index contributed by atoms with van der Waals surface area (Å²) in [6, 6.07) is 0. The Morgan fingerprint density at radius 2 is 2.46 bits per heavy atom. The molecule has 0 N–H and O–H groups in total. The molecule has 1 aliphatic heterocycles. The number of esters is 1. The standard InChI is InChI=1S/C8H13ClO4/c1-8(3-7(10)11-2)12-5-6(4-9)13-8/h6H,3-5H2,1-2H3/t6-,8+/m0/s1. The molecular weight excluding hydrogens is 196 g/mol. The Labute approximate surface area is 82.1 Å². The highest BCUT2D eigenvalue weighted by molar-refractivity contribution is 6.18. The fraction of sp³-hybridized carbons (Fsp3) is 0.875. The first-order valence-electron chi connectivity index (χ1n) is 4.04. The maximum absolute atomic E-state index is 11.0. The Morgan fingerprint density at radius 3 is 2.92 bits per heavy atom. The van der Waals surface area contributed by atoms with E-state index >= 15 is 0 Å². The van der Waals surface area contributed by atoms with E-state index in [2.05, 4.69) is 4.74 Å². The van der Waals surface area contributed by atoms with Gasteiger partial charge in [-0.1, -0.05) is 0 Å². The van der Waals surface area contributed by atoms with Gasteiger partial charge in [-0.3, -0.25) is 4.79 Å². The second-order valence-corrected chi connectivity index (χ2v) is 3.40. The van der Waals surface area contributed by atoms with Crippen molar-refractivity contribution in [3.63, 3.8) is 0 Å². The minimum Gasteiger partial charge on any atom is -0.469 e. The minimum absolute atomic E-state index is 0.0941. The predicted molar refractivity (Wildman–Crippen MR) is 46.6 cm³/mol. The van der Waals surface area contributed by atoms with Crippen molar-refractivity contribution in [2.45, 2.75) is 25.2 Å². The Balaban J connectivity index is 2.44. The van der Waals surface area contributed by atoms with Gasteiger partial charge < -0.3 is 14.2 Å². The molecule has 1 fully saturated rings. The van der Waals surface area contributed by atoms with Crippen LogP contribution in [0.3, 0.4) is 0 Å². The first-order valence-corrected chi connectivity index (χ1v) is 4.57. The molecule has 0 spiro atoms. The van der Waals surface area contributed by atoms with Gasteiger partial charge in [-0.15, -0.1) is 11.6 Å². The van der Waals surface area contributed by atoms with Gasteiger partial charge in [-0.25, -0.2) is 0 Å². The average molecular weight is 209 g/mol.